The minimum Gasteiger partial charge on any atom is -0.354 e. The normalized spacial score (nSPS) is 14.9. The van der Waals surface area contributed by atoms with E-state index in [1.165, 1.54) is 11.8 Å². The fourth-order valence-electron chi connectivity index (χ4n) is 3.39. The topological polar surface area (TPSA) is 58.1 Å². The number of hydrogen-bond acceptors (Lipinski definition) is 5. The third-order valence-electron chi connectivity index (χ3n) is 5.05. The molecule has 1 aliphatic heterocycles. The third kappa shape index (κ3) is 5.08. The van der Waals surface area contributed by atoms with Gasteiger partial charge in [0, 0.05) is 23.2 Å². The van der Waals surface area contributed by atoms with Gasteiger partial charge in [-0.15, -0.1) is 0 Å². The maximum absolute atomic E-state index is 12.5. The standard InChI is InChI=1S/C22H23BrN4OS/c1-15-9-11-27(12-10-15)21-22(26-19-8-3-2-7-18(19)25-21)29-14-20(28)24-17-6-4-5-16(23)13-17/h2-8,13,15H,9-12,14H2,1H3,(H,24,28). The first-order valence-corrected chi connectivity index (χ1v) is 11.6. The number of piperidine rings is 1. The Morgan fingerprint density at radius 3 is 2.59 bits per heavy atom. The van der Waals surface area contributed by atoms with E-state index in [0.29, 0.717) is 0 Å². The average molecular weight is 471 g/mol. The van der Waals surface area contributed by atoms with E-state index in [0.717, 1.165) is 63.9 Å². The molecular formula is C22H23BrN4OS. The summed E-state index contributed by atoms with van der Waals surface area (Å²) in [6.45, 7) is 4.25. The summed E-state index contributed by atoms with van der Waals surface area (Å²) in [7, 11) is 0. The zero-order chi connectivity index (χ0) is 20.2. The average Bonchev–Trinajstić information content (AvgIpc) is 2.72. The summed E-state index contributed by atoms with van der Waals surface area (Å²) in [4.78, 5) is 24.5. The Balaban J connectivity index is 1.53. The largest absolute Gasteiger partial charge is 0.354 e. The molecule has 1 fully saturated rings. The molecule has 0 spiro atoms. The number of rotatable bonds is 5. The van der Waals surface area contributed by atoms with Crippen LogP contribution in [0, 0.1) is 5.92 Å². The molecule has 3 aromatic rings. The predicted octanol–water partition coefficient (Wildman–Crippen LogP) is 5.36. The molecule has 0 atom stereocenters. The van der Waals surface area contributed by atoms with Gasteiger partial charge >= 0.3 is 0 Å². The molecule has 150 valence electrons. The number of hydrogen-bond donors (Lipinski definition) is 1. The minimum absolute atomic E-state index is 0.0544. The van der Waals surface area contributed by atoms with E-state index in [2.05, 4.69) is 33.1 Å². The van der Waals surface area contributed by atoms with E-state index < -0.39 is 0 Å². The number of benzene rings is 2. The molecule has 0 bridgehead atoms. The second-order valence-corrected chi connectivity index (χ2v) is 9.24. The van der Waals surface area contributed by atoms with Gasteiger partial charge in [0.05, 0.1) is 16.8 Å². The molecule has 0 saturated carbocycles. The minimum atomic E-state index is -0.0544. The lowest BCUT2D eigenvalue weighted by Crippen LogP contribution is -2.34. The van der Waals surface area contributed by atoms with Crippen LogP contribution in [0.1, 0.15) is 19.8 Å². The highest BCUT2D eigenvalue weighted by atomic mass is 79.9. The summed E-state index contributed by atoms with van der Waals surface area (Å²) in [6, 6.07) is 15.5. The summed E-state index contributed by atoms with van der Waals surface area (Å²) in [6.07, 6.45) is 2.31. The van der Waals surface area contributed by atoms with E-state index in [-0.39, 0.29) is 11.7 Å². The van der Waals surface area contributed by atoms with Crippen molar-refractivity contribution in [2.75, 3.05) is 29.1 Å². The quantitative estimate of drug-likeness (QED) is 0.508. The lowest BCUT2D eigenvalue weighted by molar-refractivity contribution is -0.113. The number of anilines is 2. The van der Waals surface area contributed by atoms with Crippen molar-refractivity contribution in [3.05, 3.63) is 53.0 Å². The van der Waals surface area contributed by atoms with Crippen LogP contribution in [-0.2, 0) is 4.79 Å². The van der Waals surface area contributed by atoms with Gasteiger partial charge in [-0.25, -0.2) is 9.97 Å². The molecule has 1 amide bonds. The van der Waals surface area contributed by atoms with Crippen molar-refractivity contribution in [3.8, 4) is 0 Å². The summed E-state index contributed by atoms with van der Waals surface area (Å²) < 4.78 is 0.935. The van der Waals surface area contributed by atoms with Crippen LogP contribution in [0.15, 0.2) is 58.0 Å². The van der Waals surface area contributed by atoms with Gasteiger partial charge < -0.3 is 10.2 Å². The van der Waals surface area contributed by atoms with Crippen LogP contribution in [0.3, 0.4) is 0 Å². The van der Waals surface area contributed by atoms with E-state index in [1.807, 2.05) is 48.5 Å². The summed E-state index contributed by atoms with van der Waals surface area (Å²) in [5, 5.41) is 3.77. The first kappa shape index (κ1) is 20.2. The SMILES string of the molecule is CC1CCN(c2nc3ccccc3nc2SCC(=O)Nc2cccc(Br)c2)CC1. The first-order chi connectivity index (χ1) is 14.1. The number of amides is 1. The maximum atomic E-state index is 12.5. The molecule has 2 heterocycles. The van der Waals surface area contributed by atoms with Gasteiger partial charge in [-0.05, 0) is 49.1 Å². The van der Waals surface area contributed by atoms with Gasteiger partial charge in [-0.3, -0.25) is 4.79 Å². The van der Waals surface area contributed by atoms with Crippen LogP contribution in [0.4, 0.5) is 11.5 Å². The van der Waals surface area contributed by atoms with E-state index >= 15 is 0 Å². The number of thioether (sulfide) groups is 1. The zero-order valence-corrected chi connectivity index (χ0v) is 18.7. The van der Waals surface area contributed by atoms with E-state index in [1.54, 1.807) is 0 Å². The van der Waals surface area contributed by atoms with Crippen molar-refractivity contribution in [1.29, 1.82) is 0 Å². The summed E-state index contributed by atoms with van der Waals surface area (Å²) in [5.74, 6) is 1.88. The number of nitrogens with one attached hydrogen (secondary N) is 1. The smallest absolute Gasteiger partial charge is 0.234 e. The highest BCUT2D eigenvalue weighted by molar-refractivity contribution is 9.10. The Kier molecular flexibility index (Phi) is 6.35. The number of halogens is 1. The summed E-state index contributed by atoms with van der Waals surface area (Å²) >= 11 is 4.88. The molecule has 1 N–H and O–H groups in total. The zero-order valence-electron chi connectivity index (χ0n) is 16.3. The van der Waals surface area contributed by atoms with Crippen molar-refractivity contribution in [1.82, 2.24) is 9.97 Å². The lowest BCUT2D eigenvalue weighted by Gasteiger charge is -2.32. The number of aromatic nitrogens is 2. The van der Waals surface area contributed by atoms with Crippen LogP contribution in [0.25, 0.3) is 11.0 Å². The monoisotopic (exact) mass is 470 g/mol. The second kappa shape index (κ2) is 9.13. The van der Waals surface area contributed by atoms with Gasteiger partial charge in [0.25, 0.3) is 0 Å². The molecule has 1 aliphatic rings. The molecule has 0 radical (unpaired) electrons. The molecule has 5 nitrogen and oxygen atoms in total. The molecule has 7 heteroatoms. The van der Waals surface area contributed by atoms with Crippen LogP contribution in [0.5, 0.6) is 0 Å². The van der Waals surface area contributed by atoms with Crippen LogP contribution >= 0.6 is 27.7 Å². The number of para-hydroxylation sites is 2. The lowest BCUT2D eigenvalue weighted by atomic mass is 9.99. The molecule has 29 heavy (non-hydrogen) atoms. The van der Waals surface area contributed by atoms with Crippen LogP contribution in [-0.4, -0.2) is 34.7 Å². The molecule has 0 unspecified atom stereocenters. The highest BCUT2D eigenvalue weighted by Gasteiger charge is 2.22. The van der Waals surface area contributed by atoms with Gasteiger partial charge in [0.1, 0.15) is 5.03 Å². The number of carbonyl (C=O) groups excluding carboxylic acids is 1. The van der Waals surface area contributed by atoms with Gasteiger partial charge in [-0.1, -0.05) is 52.8 Å². The Hall–Kier alpha value is -2.12. The fraction of sp³-hybridized carbons (Fsp3) is 0.318. The fourth-order valence-corrected chi connectivity index (χ4v) is 4.60. The predicted molar refractivity (Wildman–Crippen MR) is 124 cm³/mol. The van der Waals surface area contributed by atoms with Crippen molar-refractivity contribution in [3.63, 3.8) is 0 Å². The van der Waals surface area contributed by atoms with Crippen molar-refractivity contribution >= 4 is 56.1 Å². The third-order valence-corrected chi connectivity index (χ3v) is 6.50. The summed E-state index contributed by atoms with van der Waals surface area (Å²) in [5.41, 5.74) is 2.53. The molecule has 4 rings (SSSR count). The van der Waals surface area contributed by atoms with Crippen LogP contribution < -0.4 is 10.2 Å². The molecule has 0 aliphatic carbocycles. The molecule has 1 saturated heterocycles. The Labute approximate surface area is 183 Å². The van der Waals surface area contributed by atoms with Gasteiger partial charge in [0.2, 0.25) is 5.91 Å². The Bertz CT molecular complexity index is 1020. The number of nitrogens with zero attached hydrogens (tertiary/aromatic N) is 3. The molecular weight excluding hydrogens is 448 g/mol. The highest BCUT2D eigenvalue weighted by Crippen LogP contribution is 2.31. The van der Waals surface area contributed by atoms with Gasteiger partial charge in [0.15, 0.2) is 5.82 Å². The van der Waals surface area contributed by atoms with Crippen molar-refractivity contribution in [2.24, 2.45) is 5.92 Å². The first-order valence-electron chi connectivity index (χ1n) is 9.78. The Morgan fingerprint density at radius 2 is 1.86 bits per heavy atom. The Morgan fingerprint density at radius 1 is 1.14 bits per heavy atom. The van der Waals surface area contributed by atoms with E-state index in [4.69, 9.17) is 9.97 Å². The number of carbonyl (C=O) groups is 1. The second-order valence-electron chi connectivity index (χ2n) is 7.36. The van der Waals surface area contributed by atoms with Gasteiger partial charge in [-0.2, -0.15) is 0 Å². The maximum Gasteiger partial charge on any atom is 0.234 e. The van der Waals surface area contributed by atoms with Crippen molar-refractivity contribution in [2.45, 2.75) is 24.8 Å². The number of fused-ring (bicyclic) bond motifs is 1. The molecule has 1 aromatic heterocycles. The molecule has 2 aromatic carbocycles. The van der Waals surface area contributed by atoms with Crippen LogP contribution in [0.2, 0.25) is 0 Å². The van der Waals surface area contributed by atoms with E-state index in [9.17, 15) is 4.79 Å². The van der Waals surface area contributed by atoms with Crippen molar-refractivity contribution < 1.29 is 4.79 Å².